The Balaban J connectivity index is 1.86. The molecule has 2 bridgehead atoms. The highest BCUT2D eigenvalue weighted by Gasteiger charge is 2.50. The van der Waals surface area contributed by atoms with E-state index in [9.17, 15) is 9.90 Å². The third-order valence-corrected chi connectivity index (χ3v) is 4.70. The zero-order valence-electron chi connectivity index (χ0n) is 14.8. The molecule has 0 aliphatic carbocycles. The SMILES string of the molecule is Cc1ccncc1C1(O)CC2COCC(C1)N2C(=O)OC(C)(C)C. The van der Waals surface area contributed by atoms with Gasteiger partial charge in [-0.05, 0) is 39.3 Å². The number of fused-ring (bicyclic) bond motifs is 2. The molecule has 3 heterocycles. The van der Waals surface area contributed by atoms with Gasteiger partial charge in [0.2, 0.25) is 0 Å². The zero-order chi connectivity index (χ0) is 17.5. The maximum atomic E-state index is 12.6. The molecule has 2 fully saturated rings. The van der Waals surface area contributed by atoms with Gasteiger partial charge < -0.3 is 14.6 Å². The van der Waals surface area contributed by atoms with Crippen molar-refractivity contribution in [1.82, 2.24) is 9.88 Å². The van der Waals surface area contributed by atoms with E-state index in [1.54, 1.807) is 17.3 Å². The number of hydrogen-bond acceptors (Lipinski definition) is 5. The standard InChI is InChI=1S/C18H26N2O4/c1-12-5-6-19-9-15(12)18(22)7-13-10-23-11-14(8-18)20(13)16(21)24-17(2,3)4/h5-6,9,13-14,22H,7-8,10-11H2,1-4H3. The minimum Gasteiger partial charge on any atom is -0.444 e. The van der Waals surface area contributed by atoms with Crippen LogP contribution in [0.25, 0.3) is 0 Å². The number of carbonyl (C=O) groups is 1. The lowest BCUT2D eigenvalue weighted by Crippen LogP contribution is -2.63. The number of rotatable bonds is 1. The third kappa shape index (κ3) is 3.26. The van der Waals surface area contributed by atoms with E-state index >= 15 is 0 Å². The summed E-state index contributed by atoms with van der Waals surface area (Å²) in [7, 11) is 0. The Morgan fingerprint density at radius 3 is 2.54 bits per heavy atom. The van der Waals surface area contributed by atoms with E-state index in [2.05, 4.69) is 4.98 Å². The van der Waals surface area contributed by atoms with Gasteiger partial charge in [-0.25, -0.2) is 4.79 Å². The molecule has 1 aromatic heterocycles. The molecule has 2 aliphatic heterocycles. The summed E-state index contributed by atoms with van der Waals surface area (Å²) >= 11 is 0. The number of pyridine rings is 1. The van der Waals surface area contributed by atoms with Gasteiger partial charge in [0, 0.05) is 30.8 Å². The molecule has 0 radical (unpaired) electrons. The first-order valence-corrected chi connectivity index (χ1v) is 8.42. The van der Waals surface area contributed by atoms with Crippen molar-refractivity contribution in [2.45, 2.75) is 63.8 Å². The van der Waals surface area contributed by atoms with E-state index in [-0.39, 0.29) is 18.2 Å². The molecule has 1 amide bonds. The number of piperidine rings is 1. The minimum atomic E-state index is -0.990. The van der Waals surface area contributed by atoms with Gasteiger partial charge >= 0.3 is 6.09 Å². The van der Waals surface area contributed by atoms with Crippen LogP contribution < -0.4 is 0 Å². The van der Waals surface area contributed by atoms with Crippen LogP contribution in [0, 0.1) is 6.92 Å². The lowest BCUT2D eigenvalue weighted by molar-refractivity contribution is -0.141. The second kappa shape index (κ2) is 6.01. The van der Waals surface area contributed by atoms with E-state index < -0.39 is 11.2 Å². The van der Waals surface area contributed by atoms with Gasteiger partial charge in [0.05, 0.1) is 30.9 Å². The largest absolute Gasteiger partial charge is 0.444 e. The van der Waals surface area contributed by atoms with E-state index in [0.717, 1.165) is 11.1 Å². The maximum Gasteiger partial charge on any atom is 0.410 e. The van der Waals surface area contributed by atoms with Gasteiger partial charge in [-0.15, -0.1) is 0 Å². The molecule has 2 unspecified atom stereocenters. The van der Waals surface area contributed by atoms with Gasteiger partial charge in [0.15, 0.2) is 0 Å². The van der Waals surface area contributed by atoms with Crippen LogP contribution in [0.3, 0.4) is 0 Å². The molecule has 2 atom stereocenters. The van der Waals surface area contributed by atoms with Crippen molar-refractivity contribution in [3.63, 3.8) is 0 Å². The smallest absolute Gasteiger partial charge is 0.410 e. The normalized spacial score (nSPS) is 30.1. The molecule has 0 spiro atoms. The predicted octanol–water partition coefficient (Wildman–Crippen LogP) is 2.38. The Labute approximate surface area is 142 Å². The molecule has 2 saturated heterocycles. The number of morpholine rings is 1. The lowest BCUT2D eigenvalue weighted by Gasteiger charge is -2.51. The first-order chi connectivity index (χ1) is 11.2. The summed E-state index contributed by atoms with van der Waals surface area (Å²) in [6, 6.07) is 1.51. The Kier molecular flexibility index (Phi) is 4.30. The van der Waals surface area contributed by atoms with Crippen LogP contribution in [0.4, 0.5) is 4.79 Å². The van der Waals surface area contributed by atoms with Crippen molar-refractivity contribution in [1.29, 1.82) is 0 Å². The van der Waals surface area contributed by atoms with Crippen molar-refractivity contribution >= 4 is 6.09 Å². The van der Waals surface area contributed by atoms with Crippen LogP contribution in [0.1, 0.15) is 44.7 Å². The van der Waals surface area contributed by atoms with Crippen LogP contribution in [0.5, 0.6) is 0 Å². The molecule has 1 aromatic rings. The molecule has 24 heavy (non-hydrogen) atoms. The predicted molar refractivity (Wildman–Crippen MR) is 88.6 cm³/mol. The summed E-state index contributed by atoms with van der Waals surface area (Å²) in [5.74, 6) is 0. The summed E-state index contributed by atoms with van der Waals surface area (Å²) in [5.41, 5.74) is 0.318. The number of amides is 1. The van der Waals surface area contributed by atoms with Gasteiger partial charge in [0.1, 0.15) is 5.60 Å². The van der Waals surface area contributed by atoms with Crippen LogP contribution in [-0.2, 0) is 15.1 Å². The molecule has 0 aromatic carbocycles. The molecule has 6 heteroatoms. The summed E-state index contributed by atoms with van der Waals surface area (Å²) in [6.07, 6.45) is 3.98. The highest BCUT2D eigenvalue weighted by molar-refractivity contribution is 5.69. The first kappa shape index (κ1) is 17.2. The van der Waals surface area contributed by atoms with E-state index in [1.165, 1.54) is 0 Å². The summed E-state index contributed by atoms with van der Waals surface area (Å²) < 4.78 is 11.2. The zero-order valence-corrected chi connectivity index (χ0v) is 14.8. The highest BCUT2D eigenvalue weighted by atomic mass is 16.6. The van der Waals surface area contributed by atoms with Crippen molar-refractivity contribution in [2.75, 3.05) is 13.2 Å². The topological polar surface area (TPSA) is 71.9 Å². The van der Waals surface area contributed by atoms with Gasteiger partial charge in [-0.3, -0.25) is 9.88 Å². The number of aliphatic hydroxyl groups is 1. The first-order valence-electron chi connectivity index (χ1n) is 8.42. The van der Waals surface area contributed by atoms with Crippen LogP contribution >= 0.6 is 0 Å². The van der Waals surface area contributed by atoms with E-state index in [4.69, 9.17) is 9.47 Å². The summed E-state index contributed by atoms with van der Waals surface area (Å²) in [4.78, 5) is 18.5. The Hall–Kier alpha value is -1.66. The van der Waals surface area contributed by atoms with Gasteiger partial charge in [0.25, 0.3) is 0 Å². The van der Waals surface area contributed by atoms with Crippen LogP contribution in [0.15, 0.2) is 18.5 Å². The molecule has 132 valence electrons. The number of ether oxygens (including phenoxy) is 2. The maximum absolute atomic E-state index is 12.6. The summed E-state index contributed by atoms with van der Waals surface area (Å²) in [6.45, 7) is 8.37. The molecule has 1 N–H and O–H groups in total. The highest BCUT2D eigenvalue weighted by Crippen LogP contribution is 2.42. The van der Waals surface area contributed by atoms with Crippen LogP contribution in [0.2, 0.25) is 0 Å². The second-order valence-electron chi connectivity index (χ2n) is 7.86. The second-order valence-corrected chi connectivity index (χ2v) is 7.86. The van der Waals surface area contributed by atoms with E-state index in [0.29, 0.717) is 26.1 Å². The minimum absolute atomic E-state index is 0.197. The van der Waals surface area contributed by atoms with Crippen molar-refractivity contribution in [3.8, 4) is 0 Å². The number of hydrogen-bond donors (Lipinski definition) is 1. The van der Waals surface area contributed by atoms with Crippen molar-refractivity contribution in [2.24, 2.45) is 0 Å². The van der Waals surface area contributed by atoms with Gasteiger partial charge in [-0.1, -0.05) is 0 Å². The van der Waals surface area contributed by atoms with Crippen LogP contribution in [-0.4, -0.2) is 52.0 Å². The fraction of sp³-hybridized carbons (Fsp3) is 0.667. The number of aromatic nitrogens is 1. The molecule has 2 aliphatic rings. The molecule has 6 nitrogen and oxygen atoms in total. The average Bonchev–Trinajstić information content (AvgIpc) is 2.44. The average molecular weight is 334 g/mol. The molecule has 3 rings (SSSR count). The Bertz CT molecular complexity index is 612. The van der Waals surface area contributed by atoms with Crippen molar-refractivity contribution in [3.05, 3.63) is 29.6 Å². The quantitative estimate of drug-likeness (QED) is 0.854. The number of aryl methyl sites for hydroxylation is 1. The fourth-order valence-electron chi connectivity index (χ4n) is 3.76. The molecule has 0 saturated carbocycles. The third-order valence-electron chi connectivity index (χ3n) is 4.70. The fourth-order valence-corrected chi connectivity index (χ4v) is 3.76. The molecular formula is C18H26N2O4. The molecular weight excluding hydrogens is 308 g/mol. The van der Waals surface area contributed by atoms with Crippen molar-refractivity contribution < 1.29 is 19.4 Å². The monoisotopic (exact) mass is 334 g/mol. The summed E-state index contributed by atoms with van der Waals surface area (Å²) in [5, 5.41) is 11.3. The lowest BCUT2D eigenvalue weighted by atomic mass is 9.76. The number of carbonyl (C=O) groups excluding carboxylic acids is 1. The number of nitrogens with zero attached hydrogens (tertiary/aromatic N) is 2. The Morgan fingerprint density at radius 2 is 2.00 bits per heavy atom. The van der Waals surface area contributed by atoms with Gasteiger partial charge in [-0.2, -0.15) is 0 Å². The Morgan fingerprint density at radius 1 is 1.38 bits per heavy atom. The van der Waals surface area contributed by atoms with E-state index in [1.807, 2.05) is 33.8 Å².